The van der Waals surface area contributed by atoms with Gasteiger partial charge in [0.25, 0.3) is 0 Å². The van der Waals surface area contributed by atoms with Crippen molar-refractivity contribution in [1.29, 1.82) is 5.26 Å². The van der Waals surface area contributed by atoms with E-state index in [1.165, 1.54) is 5.56 Å². The first-order valence-corrected chi connectivity index (χ1v) is 15.7. The van der Waals surface area contributed by atoms with Gasteiger partial charge < -0.3 is 5.32 Å². The molecule has 0 saturated carbocycles. The highest BCUT2D eigenvalue weighted by Gasteiger charge is 2.31. The standard InChI is InChI=1S/C27H23NO2S.C10H9N/c1-17-7-10-21(11-8-17)31(29,30)27-18(2)9-12-24-25(27)14-13-23-22-6-4-3-5-19(22)15-20(16-28)26(23)24;1-2-7-10-9(5-1)6-3-4-8-11-10/h3-8,10-11,13-15,18,20H,9,12H2,1-2H3;1-8,11H/t18?,20-;/m0./s1. The van der Waals surface area contributed by atoms with Gasteiger partial charge >= 0.3 is 0 Å². The lowest BCUT2D eigenvalue weighted by Gasteiger charge is -2.26. The minimum atomic E-state index is -3.63. The molecule has 5 heteroatoms. The Morgan fingerprint density at radius 2 is 1.60 bits per heavy atom. The van der Waals surface area contributed by atoms with E-state index in [4.69, 9.17) is 0 Å². The quantitative estimate of drug-likeness (QED) is 0.300. The van der Waals surface area contributed by atoms with Crippen LogP contribution in [0, 0.1) is 34.6 Å². The summed E-state index contributed by atoms with van der Waals surface area (Å²) in [5, 5.41) is 17.1. The zero-order valence-electron chi connectivity index (χ0n) is 23.7. The molecule has 0 bridgehead atoms. The fourth-order valence-electron chi connectivity index (χ4n) is 6.15. The second-order valence-corrected chi connectivity index (χ2v) is 12.9. The van der Waals surface area contributed by atoms with Crippen LogP contribution in [-0.2, 0) is 16.3 Å². The molecule has 1 aliphatic heterocycles. The maximum Gasteiger partial charge on any atom is 0.203 e. The summed E-state index contributed by atoms with van der Waals surface area (Å²) in [5.74, 6) is -0.450. The summed E-state index contributed by atoms with van der Waals surface area (Å²) in [6.45, 7) is 3.94. The first kappa shape index (κ1) is 27.5. The monoisotopic (exact) mass is 568 g/mol. The van der Waals surface area contributed by atoms with Gasteiger partial charge in [0.2, 0.25) is 9.84 Å². The Hall–Kier alpha value is -4.66. The number of nitriles is 1. The molecular weight excluding hydrogens is 536 g/mol. The molecule has 208 valence electrons. The van der Waals surface area contributed by atoms with E-state index in [9.17, 15) is 13.7 Å². The number of hydrogen-bond acceptors (Lipinski definition) is 4. The van der Waals surface area contributed by atoms with Crippen molar-refractivity contribution in [2.24, 2.45) is 5.92 Å². The van der Waals surface area contributed by atoms with Crippen molar-refractivity contribution in [2.45, 2.75) is 37.5 Å². The maximum atomic E-state index is 13.7. The topological polar surface area (TPSA) is 70.0 Å². The van der Waals surface area contributed by atoms with E-state index in [1.54, 1.807) is 12.1 Å². The normalized spacial score (nSPS) is 17.9. The van der Waals surface area contributed by atoms with E-state index in [1.807, 2.05) is 92.9 Å². The summed E-state index contributed by atoms with van der Waals surface area (Å²) in [5.41, 5.74) is 5.41. The summed E-state index contributed by atoms with van der Waals surface area (Å²) in [4.78, 5) is 0.815. The van der Waals surface area contributed by atoms with Crippen molar-refractivity contribution >= 4 is 32.6 Å². The van der Waals surface area contributed by atoms with Gasteiger partial charge in [0.1, 0.15) is 0 Å². The van der Waals surface area contributed by atoms with Crippen LogP contribution in [0.5, 0.6) is 0 Å². The van der Waals surface area contributed by atoms with E-state index in [-0.39, 0.29) is 11.8 Å². The fourth-order valence-corrected chi connectivity index (χ4v) is 8.02. The highest BCUT2D eigenvalue weighted by atomic mass is 32.2. The molecule has 42 heavy (non-hydrogen) atoms. The van der Waals surface area contributed by atoms with Gasteiger partial charge in [-0.2, -0.15) is 5.26 Å². The number of para-hydroxylation sites is 1. The third-order valence-corrected chi connectivity index (χ3v) is 10.3. The summed E-state index contributed by atoms with van der Waals surface area (Å²) in [6.07, 6.45) is 11.6. The lowest BCUT2D eigenvalue weighted by atomic mass is 9.81. The molecule has 4 aromatic rings. The van der Waals surface area contributed by atoms with Crippen LogP contribution in [0.1, 0.15) is 41.5 Å². The lowest BCUT2D eigenvalue weighted by molar-refractivity contribution is 0.590. The van der Waals surface area contributed by atoms with Gasteiger partial charge in [-0.3, -0.25) is 0 Å². The Kier molecular flexibility index (Phi) is 7.41. The first-order chi connectivity index (χ1) is 20.4. The number of aryl methyl sites for hydroxylation is 1. The second-order valence-electron chi connectivity index (χ2n) is 11.0. The molecule has 4 nitrogen and oxygen atoms in total. The van der Waals surface area contributed by atoms with E-state index in [0.29, 0.717) is 9.80 Å². The minimum Gasteiger partial charge on any atom is -0.361 e. The van der Waals surface area contributed by atoms with E-state index >= 15 is 0 Å². The Morgan fingerprint density at radius 1 is 0.857 bits per heavy atom. The summed E-state index contributed by atoms with van der Waals surface area (Å²) < 4.78 is 27.4. The molecule has 0 fully saturated rings. The molecular formula is C37H32N2O2S. The van der Waals surface area contributed by atoms with Gasteiger partial charge in [0.15, 0.2) is 0 Å². The van der Waals surface area contributed by atoms with Crippen molar-refractivity contribution in [1.82, 2.24) is 0 Å². The van der Waals surface area contributed by atoms with Gasteiger partial charge in [0.05, 0.1) is 21.8 Å². The third kappa shape index (κ3) is 5.00. The highest BCUT2D eigenvalue weighted by Crippen LogP contribution is 2.34. The van der Waals surface area contributed by atoms with Crippen LogP contribution in [0.3, 0.4) is 0 Å². The van der Waals surface area contributed by atoms with Crippen LogP contribution in [0.25, 0.3) is 17.1 Å². The number of allylic oxidation sites excluding steroid dienone is 2. The van der Waals surface area contributed by atoms with Crippen LogP contribution in [-0.4, -0.2) is 8.42 Å². The van der Waals surface area contributed by atoms with E-state index in [2.05, 4.69) is 35.7 Å². The van der Waals surface area contributed by atoms with Crippen LogP contribution in [0.15, 0.2) is 108 Å². The molecule has 0 radical (unpaired) electrons. The number of sulfone groups is 1. The number of hydrogen-bond donors (Lipinski definition) is 1. The Balaban J connectivity index is 0.000000240. The molecule has 4 aromatic carbocycles. The van der Waals surface area contributed by atoms with Gasteiger partial charge in [-0.05, 0) is 87.5 Å². The number of anilines is 1. The average Bonchev–Trinajstić information content (AvgIpc) is 3.26. The van der Waals surface area contributed by atoms with Crippen LogP contribution >= 0.6 is 0 Å². The minimum absolute atomic E-state index is 0.0720. The number of nitrogens with zero attached hydrogens (tertiary/aromatic N) is 1. The molecule has 2 aliphatic carbocycles. The predicted octanol–water partition coefficient (Wildman–Crippen LogP) is 6.49. The van der Waals surface area contributed by atoms with E-state index in [0.717, 1.165) is 56.1 Å². The summed E-state index contributed by atoms with van der Waals surface area (Å²) in [7, 11) is -3.63. The summed E-state index contributed by atoms with van der Waals surface area (Å²) >= 11 is 0. The van der Waals surface area contributed by atoms with Crippen molar-refractivity contribution in [3.05, 3.63) is 146 Å². The SMILES string of the molecule is C1=CNc2ccccc2C=C1.Cc1ccc(S(=O)(=O)C2=c3ccc4c(c3CCC2C)[C@H](C#N)C=c2ccccc2=4)cc1. The predicted molar refractivity (Wildman–Crippen MR) is 170 cm³/mol. The number of fused-ring (bicyclic) bond motifs is 5. The second kappa shape index (κ2) is 11.3. The molecule has 0 amide bonds. The molecule has 1 heterocycles. The number of rotatable bonds is 2. The van der Waals surface area contributed by atoms with E-state index < -0.39 is 9.84 Å². The Bertz CT molecular complexity index is 2120. The van der Waals surface area contributed by atoms with Gasteiger partial charge in [-0.25, -0.2) is 8.42 Å². The van der Waals surface area contributed by atoms with Crippen LogP contribution < -0.4 is 15.8 Å². The van der Waals surface area contributed by atoms with Crippen molar-refractivity contribution in [3.8, 4) is 6.07 Å². The zero-order chi connectivity index (χ0) is 29.3. The van der Waals surface area contributed by atoms with Gasteiger partial charge in [0, 0.05) is 11.9 Å². The van der Waals surface area contributed by atoms with Crippen LogP contribution in [0.4, 0.5) is 5.69 Å². The first-order valence-electron chi connectivity index (χ1n) is 14.3. The van der Waals surface area contributed by atoms with Crippen molar-refractivity contribution < 1.29 is 8.42 Å². The molecule has 0 saturated heterocycles. The molecule has 0 aromatic heterocycles. The van der Waals surface area contributed by atoms with Gasteiger partial charge in [-0.15, -0.1) is 0 Å². The lowest BCUT2D eigenvalue weighted by Crippen LogP contribution is -2.30. The number of benzene rings is 4. The third-order valence-electron chi connectivity index (χ3n) is 8.25. The number of nitrogens with one attached hydrogen (secondary N) is 1. The maximum absolute atomic E-state index is 13.7. The zero-order valence-corrected chi connectivity index (χ0v) is 24.5. The van der Waals surface area contributed by atoms with Crippen molar-refractivity contribution in [2.75, 3.05) is 5.32 Å². The molecule has 1 unspecified atom stereocenters. The van der Waals surface area contributed by atoms with Crippen molar-refractivity contribution in [3.63, 3.8) is 0 Å². The molecule has 2 atom stereocenters. The van der Waals surface area contributed by atoms with Crippen LogP contribution in [0.2, 0.25) is 0 Å². The molecule has 1 N–H and O–H groups in total. The molecule has 3 aliphatic rings. The van der Waals surface area contributed by atoms with Gasteiger partial charge in [-0.1, -0.05) is 97.4 Å². The summed E-state index contributed by atoms with van der Waals surface area (Å²) in [6, 6.07) is 29.8. The highest BCUT2D eigenvalue weighted by molar-refractivity contribution is 8.00. The largest absolute Gasteiger partial charge is 0.361 e. The smallest absolute Gasteiger partial charge is 0.203 e. The molecule has 7 rings (SSSR count). The fraction of sp³-hybridized carbons (Fsp3) is 0.162. The Morgan fingerprint density at radius 3 is 2.40 bits per heavy atom. The average molecular weight is 569 g/mol. The Labute approximate surface area is 246 Å². The molecule has 0 spiro atoms.